The van der Waals surface area contributed by atoms with Crippen molar-refractivity contribution in [1.82, 2.24) is 15.2 Å². The molecule has 1 saturated carbocycles. The van der Waals surface area contributed by atoms with Gasteiger partial charge in [-0.05, 0) is 12.8 Å². The van der Waals surface area contributed by atoms with Crippen molar-refractivity contribution in [3.63, 3.8) is 0 Å². The van der Waals surface area contributed by atoms with Crippen LogP contribution < -0.4 is 0 Å². The number of nitrogens with zero attached hydrogens (tertiary/aromatic N) is 2. The van der Waals surface area contributed by atoms with Crippen LogP contribution in [0.1, 0.15) is 34.3 Å². The lowest BCUT2D eigenvalue weighted by Gasteiger charge is -1.87. The first kappa shape index (κ1) is 9.53. The number of hydrogen-bond acceptors (Lipinski definition) is 4. The summed E-state index contributed by atoms with van der Waals surface area (Å²) in [5, 5.41) is 18.2. The quantitative estimate of drug-likeness (QED) is 0.853. The molecule has 2 N–H and O–H groups in total. The van der Waals surface area contributed by atoms with Gasteiger partial charge in [0.2, 0.25) is 0 Å². The van der Waals surface area contributed by atoms with Gasteiger partial charge in [-0.2, -0.15) is 5.10 Å². The standard InChI is InChI=1S/C10H9N3O2S/c14-10(15)7-3-6(12-13-7)8-4-16-9(11-8)5-1-2-5/h3-5H,1-2H2,(H,12,13)(H,14,15). The predicted octanol–water partition coefficient (Wildman–Crippen LogP) is 2.11. The molecule has 1 aliphatic carbocycles. The van der Waals surface area contributed by atoms with Gasteiger partial charge in [0.25, 0.3) is 0 Å². The Morgan fingerprint density at radius 1 is 1.50 bits per heavy atom. The van der Waals surface area contributed by atoms with Crippen LogP contribution in [0.4, 0.5) is 0 Å². The SMILES string of the molecule is O=C(O)c1cc(-c2csc(C3CC3)n2)n[nH]1. The third-order valence-corrected chi connectivity index (χ3v) is 3.53. The van der Waals surface area contributed by atoms with Crippen LogP contribution in [0.5, 0.6) is 0 Å². The fourth-order valence-electron chi connectivity index (χ4n) is 1.49. The topological polar surface area (TPSA) is 78.9 Å². The van der Waals surface area contributed by atoms with Crippen molar-refractivity contribution in [2.75, 3.05) is 0 Å². The van der Waals surface area contributed by atoms with Crippen molar-refractivity contribution in [1.29, 1.82) is 0 Å². The Hall–Kier alpha value is -1.69. The minimum Gasteiger partial charge on any atom is -0.477 e. The van der Waals surface area contributed by atoms with E-state index in [1.807, 2.05) is 5.38 Å². The Morgan fingerprint density at radius 2 is 2.31 bits per heavy atom. The van der Waals surface area contributed by atoms with Gasteiger partial charge in [0.05, 0.1) is 5.01 Å². The molecule has 2 aromatic heterocycles. The van der Waals surface area contributed by atoms with Crippen LogP contribution in [0.25, 0.3) is 11.4 Å². The molecule has 6 heteroatoms. The maximum Gasteiger partial charge on any atom is 0.353 e. The molecule has 3 rings (SSSR count). The second-order valence-electron chi connectivity index (χ2n) is 3.82. The molecule has 1 aliphatic rings. The number of carbonyl (C=O) groups is 1. The minimum atomic E-state index is -1.00. The van der Waals surface area contributed by atoms with E-state index in [4.69, 9.17) is 5.11 Å². The largest absolute Gasteiger partial charge is 0.477 e. The molecule has 82 valence electrons. The number of hydrogen-bond donors (Lipinski definition) is 2. The lowest BCUT2D eigenvalue weighted by atomic mass is 10.3. The third kappa shape index (κ3) is 1.61. The Labute approximate surface area is 95.2 Å². The Kier molecular flexibility index (Phi) is 2.03. The van der Waals surface area contributed by atoms with Gasteiger partial charge in [-0.25, -0.2) is 9.78 Å². The number of rotatable bonds is 3. The van der Waals surface area contributed by atoms with Crippen molar-refractivity contribution in [3.05, 3.63) is 22.1 Å². The fourth-order valence-corrected chi connectivity index (χ4v) is 2.47. The van der Waals surface area contributed by atoms with E-state index < -0.39 is 5.97 Å². The molecule has 0 spiro atoms. The summed E-state index contributed by atoms with van der Waals surface area (Å²) in [5.74, 6) is -0.381. The summed E-state index contributed by atoms with van der Waals surface area (Å²) in [6.45, 7) is 0. The fraction of sp³-hybridized carbons (Fsp3) is 0.300. The highest BCUT2D eigenvalue weighted by Gasteiger charge is 2.27. The molecular weight excluding hydrogens is 226 g/mol. The summed E-state index contributed by atoms with van der Waals surface area (Å²) in [5.41, 5.74) is 1.45. The highest BCUT2D eigenvalue weighted by Crippen LogP contribution is 2.42. The molecular formula is C10H9N3O2S. The third-order valence-electron chi connectivity index (χ3n) is 2.52. The van der Waals surface area contributed by atoms with Crippen LogP contribution >= 0.6 is 11.3 Å². The van der Waals surface area contributed by atoms with Crippen molar-refractivity contribution in [2.45, 2.75) is 18.8 Å². The molecule has 2 heterocycles. The van der Waals surface area contributed by atoms with Crippen LogP contribution in [0.3, 0.4) is 0 Å². The lowest BCUT2D eigenvalue weighted by molar-refractivity contribution is 0.0690. The Balaban J connectivity index is 1.91. The van der Waals surface area contributed by atoms with Crippen molar-refractivity contribution >= 4 is 17.3 Å². The van der Waals surface area contributed by atoms with Crippen LogP contribution in [0.2, 0.25) is 0 Å². The summed E-state index contributed by atoms with van der Waals surface area (Å²) < 4.78 is 0. The molecule has 0 bridgehead atoms. The van der Waals surface area contributed by atoms with Crippen molar-refractivity contribution in [3.8, 4) is 11.4 Å². The number of aromatic carboxylic acids is 1. The predicted molar refractivity (Wildman–Crippen MR) is 58.6 cm³/mol. The highest BCUT2D eigenvalue weighted by molar-refractivity contribution is 7.10. The van der Waals surface area contributed by atoms with Crippen molar-refractivity contribution in [2.24, 2.45) is 0 Å². The van der Waals surface area contributed by atoms with E-state index in [9.17, 15) is 4.79 Å². The van der Waals surface area contributed by atoms with Gasteiger partial charge >= 0.3 is 5.97 Å². The number of thiazole rings is 1. The van der Waals surface area contributed by atoms with Gasteiger partial charge < -0.3 is 5.11 Å². The first-order valence-corrected chi connectivity index (χ1v) is 5.86. The van der Waals surface area contributed by atoms with Gasteiger partial charge in [-0.1, -0.05) is 0 Å². The first-order valence-electron chi connectivity index (χ1n) is 4.98. The van der Waals surface area contributed by atoms with E-state index in [0.717, 1.165) is 10.7 Å². The molecule has 0 aromatic carbocycles. The molecule has 0 unspecified atom stereocenters. The molecule has 0 saturated heterocycles. The van der Waals surface area contributed by atoms with E-state index in [0.29, 0.717) is 11.6 Å². The average Bonchev–Trinajstić information content (AvgIpc) is 2.83. The van der Waals surface area contributed by atoms with Crippen LogP contribution in [-0.2, 0) is 0 Å². The summed E-state index contributed by atoms with van der Waals surface area (Å²) >= 11 is 1.62. The molecule has 0 atom stereocenters. The van der Waals surface area contributed by atoms with E-state index >= 15 is 0 Å². The van der Waals surface area contributed by atoms with Gasteiger partial charge in [-0.15, -0.1) is 11.3 Å². The monoisotopic (exact) mass is 235 g/mol. The van der Waals surface area contributed by atoms with Gasteiger partial charge in [0, 0.05) is 17.4 Å². The number of aromatic nitrogens is 3. The molecule has 0 radical (unpaired) electrons. The molecule has 1 fully saturated rings. The number of nitrogens with one attached hydrogen (secondary N) is 1. The van der Waals surface area contributed by atoms with Crippen LogP contribution in [0, 0.1) is 0 Å². The average molecular weight is 235 g/mol. The van der Waals surface area contributed by atoms with E-state index in [-0.39, 0.29) is 5.69 Å². The summed E-state index contributed by atoms with van der Waals surface area (Å²) in [6.07, 6.45) is 2.43. The second-order valence-corrected chi connectivity index (χ2v) is 4.71. The maximum atomic E-state index is 10.7. The zero-order valence-corrected chi connectivity index (χ0v) is 9.12. The Morgan fingerprint density at radius 3 is 2.94 bits per heavy atom. The second kappa shape index (κ2) is 3.41. The zero-order valence-electron chi connectivity index (χ0n) is 8.30. The number of H-pyrrole nitrogens is 1. The molecule has 0 amide bonds. The summed E-state index contributed by atoms with van der Waals surface area (Å²) in [6, 6.07) is 1.51. The summed E-state index contributed by atoms with van der Waals surface area (Å²) in [7, 11) is 0. The van der Waals surface area contributed by atoms with Crippen LogP contribution in [-0.4, -0.2) is 26.3 Å². The Bertz CT molecular complexity index is 542. The van der Waals surface area contributed by atoms with Gasteiger partial charge in [-0.3, -0.25) is 5.10 Å². The summed E-state index contributed by atoms with van der Waals surface area (Å²) in [4.78, 5) is 15.1. The number of carboxylic acid groups (broad SMARTS) is 1. The van der Waals surface area contributed by atoms with Crippen molar-refractivity contribution < 1.29 is 9.90 Å². The lowest BCUT2D eigenvalue weighted by Crippen LogP contribution is -1.95. The maximum absolute atomic E-state index is 10.7. The molecule has 5 nitrogen and oxygen atoms in total. The van der Waals surface area contributed by atoms with E-state index in [2.05, 4.69) is 15.2 Å². The van der Waals surface area contributed by atoms with E-state index in [1.54, 1.807) is 11.3 Å². The molecule has 0 aliphatic heterocycles. The normalized spacial score (nSPS) is 15.2. The van der Waals surface area contributed by atoms with Gasteiger partial charge in [0.15, 0.2) is 0 Å². The molecule has 16 heavy (non-hydrogen) atoms. The minimum absolute atomic E-state index is 0.0935. The first-order chi connectivity index (χ1) is 7.74. The number of carboxylic acids is 1. The highest BCUT2D eigenvalue weighted by atomic mass is 32.1. The van der Waals surface area contributed by atoms with Gasteiger partial charge in [0.1, 0.15) is 17.1 Å². The smallest absolute Gasteiger partial charge is 0.353 e. The van der Waals surface area contributed by atoms with Crippen LogP contribution in [0.15, 0.2) is 11.4 Å². The zero-order chi connectivity index (χ0) is 11.1. The molecule has 2 aromatic rings. The van der Waals surface area contributed by atoms with E-state index in [1.165, 1.54) is 18.9 Å². The number of aromatic amines is 1.